The van der Waals surface area contributed by atoms with E-state index in [4.69, 9.17) is 0 Å². The third-order valence-corrected chi connectivity index (χ3v) is 3.99. The highest BCUT2D eigenvalue weighted by Crippen LogP contribution is 2.33. The molecule has 0 saturated carbocycles. The van der Waals surface area contributed by atoms with Crippen molar-refractivity contribution >= 4 is 5.91 Å². The maximum atomic E-state index is 13.5. The zero-order valence-electron chi connectivity index (χ0n) is 13.1. The van der Waals surface area contributed by atoms with Crippen LogP contribution in [0.15, 0.2) is 30.5 Å². The topological polar surface area (TPSA) is 59.0 Å². The maximum absolute atomic E-state index is 13.5. The molecule has 25 heavy (non-hydrogen) atoms. The molecule has 1 aliphatic heterocycles. The Labute approximate surface area is 141 Å². The van der Waals surface area contributed by atoms with Crippen molar-refractivity contribution < 1.29 is 22.4 Å². The Morgan fingerprint density at radius 3 is 2.60 bits per heavy atom. The van der Waals surface area contributed by atoms with Gasteiger partial charge in [-0.1, -0.05) is 0 Å². The number of benzene rings is 1. The fourth-order valence-corrected chi connectivity index (χ4v) is 2.80. The molecule has 2 heterocycles. The van der Waals surface area contributed by atoms with Gasteiger partial charge in [0.15, 0.2) is 5.69 Å². The SMILES string of the molecule is O=C(N[C@H]1CCCNC1)c1cnn(-c2ccc(F)cc2)c1C(F)(F)F. The summed E-state index contributed by atoms with van der Waals surface area (Å²) in [6.45, 7) is 1.34. The fraction of sp³-hybridized carbons (Fsp3) is 0.375. The number of amides is 1. The van der Waals surface area contributed by atoms with Gasteiger partial charge in [-0.15, -0.1) is 0 Å². The van der Waals surface area contributed by atoms with Crippen LogP contribution in [0.2, 0.25) is 0 Å². The number of hydrogen-bond donors (Lipinski definition) is 2. The van der Waals surface area contributed by atoms with Gasteiger partial charge in [0.1, 0.15) is 5.82 Å². The molecule has 1 amide bonds. The summed E-state index contributed by atoms with van der Waals surface area (Å²) in [5, 5.41) is 9.38. The van der Waals surface area contributed by atoms with Crippen LogP contribution in [0.25, 0.3) is 5.69 Å². The Hall–Kier alpha value is -2.42. The molecule has 5 nitrogen and oxygen atoms in total. The number of alkyl halides is 3. The average Bonchev–Trinajstić information content (AvgIpc) is 3.02. The Morgan fingerprint density at radius 2 is 2.00 bits per heavy atom. The molecule has 1 aromatic carbocycles. The predicted molar refractivity (Wildman–Crippen MR) is 81.9 cm³/mol. The van der Waals surface area contributed by atoms with Gasteiger partial charge >= 0.3 is 6.18 Å². The highest BCUT2D eigenvalue weighted by atomic mass is 19.4. The van der Waals surface area contributed by atoms with E-state index in [2.05, 4.69) is 15.7 Å². The number of carbonyl (C=O) groups excluding carboxylic acids is 1. The summed E-state index contributed by atoms with van der Waals surface area (Å²) in [6, 6.07) is 4.18. The molecule has 3 rings (SSSR count). The van der Waals surface area contributed by atoms with Gasteiger partial charge in [-0.25, -0.2) is 9.07 Å². The lowest BCUT2D eigenvalue weighted by Crippen LogP contribution is -2.45. The van der Waals surface area contributed by atoms with Crippen LogP contribution in [0, 0.1) is 5.82 Å². The van der Waals surface area contributed by atoms with Crippen LogP contribution in [0.3, 0.4) is 0 Å². The van der Waals surface area contributed by atoms with Gasteiger partial charge in [0.25, 0.3) is 5.91 Å². The molecule has 1 saturated heterocycles. The van der Waals surface area contributed by atoms with Crippen molar-refractivity contribution in [1.82, 2.24) is 20.4 Å². The van der Waals surface area contributed by atoms with Crippen LogP contribution >= 0.6 is 0 Å². The van der Waals surface area contributed by atoms with Crippen molar-refractivity contribution in [3.05, 3.63) is 47.5 Å². The molecule has 1 fully saturated rings. The molecule has 1 aliphatic rings. The van der Waals surface area contributed by atoms with Gasteiger partial charge in [-0.3, -0.25) is 4.79 Å². The molecular weight excluding hydrogens is 340 g/mol. The highest BCUT2D eigenvalue weighted by molar-refractivity contribution is 5.95. The first-order valence-corrected chi connectivity index (χ1v) is 7.79. The number of nitrogens with zero attached hydrogens (tertiary/aromatic N) is 2. The molecule has 9 heteroatoms. The van der Waals surface area contributed by atoms with Gasteiger partial charge < -0.3 is 10.6 Å². The molecule has 2 aromatic rings. The van der Waals surface area contributed by atoms with E-state index >= 15 is 0 Å². The Kier molecular flexibility index (Phi) is 4.76. The zero-order chi connectivity index (χ0) is 18.0. The molecule has 0 aliphatic carbocycles. The first-order chi connectivity index (χ1) is 11.9. The lowest BCUT2D eigenvalue weighted by molar-refractivity contribution is -0.143. The molecule has 0 bridgehead atoms. The molecule has 2 N–H and O–H groups in total. The van der Waals surface area contributed by atoms with Gasteiger partial charge in [0, 0.05) is 12.6 Å². The number of halogens is 4. The van der Waals surface area contributed by atoms with Crippen molar-refractivity contribution in [2.24, 2.45) is 0 Å². The molecule has 134 valence electrons. The third-order valence-electron chi connectivity index (χ3n) is 3.99. The van der Waals surface area contributed by atoms with Gasteiger partial charge in [0.2, 0.25) is 0 Å². The van der Waals surface area contributed by atoms with Crippen LogP contribution in [-0.2, 0) is 6.18 Å². The second-order valence-electron chi connectivity index (χ2n) is 5.81. The lowest BCUT2D eigenvalue weighted by atomic mass is 10.1. The van der Waals surface area contributed by atoms with E-state index < -0.39 is 29.2 Å². The smallest absolute Gasteiger partial charge is 0.348 e. The minimum absolute atomic E-state index is 0.0205. The summed E-state index contributed by atoms with van der Waals surface area (Å²) in [5.74, 6) is -1.40. The maximum Gasteiger partial charge on any atom is 0.434 e. The first kappa shape index (κ1) is 17.4. The number of piperidine rings is 1. The number of nitrogens with one attached hydrogen (secondary N) is 2. The molecule has 1 aromatic heterocycles. The number of rotatable bonds is 3. The minimum atomic E-state index is -4.79. The zero-order valence-corrected chi connectivity index (χ0v) is 13.1. The van der Waals surface area contributed by atoms with E-state index in [-0.39, 0.29) is 11.7 Å². The van der Waals surface area contributed by atoms with Crippen molar-refractivity contribution in [2.45, 2.75) is 25.1 Å². The Morgan fingerprint density at radius 1 is 1.28 bits per heavy atom. The van der Waals surface area contributed by atoms with Crippen LogP contribution in [0.4, 0.5) is 17.6 Å². The van der Waals surface area contributed by atoms with Crippen LogP contribution in [0.1, 0.15) is 28.9 Å². The van der Waals surface area contributed by atoms with E-state index in [0.717, 1.165) is 31.3 Å². The minimum Gasteiger partial charge on any atom is -0.348 e. The van der Waals surface area contributed by atoms with Crippen LogP contribution < -0.4 is 10.6 Å². The molecule has 0 unspecified atom stereocenters. The summed E-state index contributed by atoms with van der Waals surface area (Å²) in [4.78, 5) is 12.3. The Balaban J connectivity index is 1.94. The van der Waals surface area contributed by atoms with Gasteiger partial charge in [-0.05, 0) is 43.7 Å². The predicted octanol–water partition coefficient (Wildman–Crippen LogP) is 2.51. The van der Waals surface area contributed by atoms with Crippen molar-refractivity contribution in [3.63, 3.8) is 0 Å². The lowest BCUT2D eigenvalue weighted by Gasteiger charge is -2.24. The van der Waals surface area contributed by atoms with Gasteiger partial charge in [-0.2, -0.15) is 18.3 Å². The summed E-state index contributed by atoms with van der Waals surface area (Å²) in [6.07, 6.45) is -2.36. The molecular formula is C16H16F4N4O. The van der Waals surface area contributed by atoms with E-state index in [1.54, 1.807) is 0 Å². The quantitative estimate of drug-likeness (QED) is 0.831. The standard InChI is InChI=1S/C16H16F4N4O/c17-10-3-5-12(6-4-10)24-14(16(18,19)20)13(9-22-24)15(25)23-11-2-1-7-21-8-11/h3-6,9,11,21H,1-2,7-8H2,(H,23,25)/t11-/m0/s1. The monoisotopic (exact) mass is 356 g/mol. The van der Waals surface area contributed by atoms with Crippen molar-refractivity contribution in [2.75, 3.05) is 13.1 Å². The average molecular weight is 356 g/mol. The molecule has 1 atom stereocenters. The van der Waals surface area contributed by atoms with E-state index in [1.807, 2.05) is 0 Å². The molecule has 0 spiro atoms. The first-order valence-electron chi connectivity index (χ1n) is 7.79. The van der Waals surface area contributed by atoms with Crippen molar-refractivity contribution in [3.8, 4) is 5.69 Å². The number of carbonyl (C=O) groups is 1. The largest absolute Gasteiger partial charge is 0.434 e. The second-order valence-corrected chi connectivity index (χ2v) is 5.81. The summed E-state index contributed by atoms with van der Waals surface area (Å²) in [7, 11) is 0. The van der Waals surface area contributed by atoms with E-state index in [9.17, 15) is 22.4 Å². The summed E-state index contributed by atoms with van der Waals surface area (Å²) in [5.41, 5.74) is -1.71. The summed E-state index contributed by atoms with van der Waals surface area (Å²) >= 11 is 0. The van der Waals surface area contributed by atoms with Gasteiger partial charge in [0.05, 0.1) is 17.4 Å². The second kappa shape index (κ2) is 6.83. The van der Waals surface area contributed by atoms with E-state index in [1.165, 1.54) is 12.1 Å². The van der Waals surface area contributed by atoms with Crippen LogP contribution in [-0.4, -0.2) is 34.8 Å². The number of aromatic nitrogens is 2. The third kappa shape index (κ3) is 3.81. The Bertz CT molecular complexity index is 748. The normalized spacial score (nSPS) is 18.2. The number of hydrogen-bond acceptors (Lipinski definition) is 3. The highest BCUT2D eigenvalue weighted by Gasteiger charge is 2.40. The molecule has 0 radical (unpaired) electrons. The van der Waals surface area contributed by atoms with Crippen LogP contribution in [0.5, 0.6) is 0 Å². The fourth-order valence-electron chi connectivity index (χ4n) is 2.80. The van der Waals surface area contributed by atoms with E-state index in [0.29, 0.717) is 17.6 Å². The summed E-state index contributed by atoms with van der Waals surface area (Å²) < 4.78 is 54.2. The van der Waals surface area contributed by atoms with Crippen molar-refractivity contribution in [1.29, 1.82) is 0 Å².